The van der Waals surface area contributed by atoms with E-state index in [-0.39, 0.29) is 11.9 Å². The molecule has 0 radical (unpaired) electrons. The molecule has 5 nitrogen and oxygen atoms in total. The number of carbonyl (C=O) groups is 1. The van der Waals surface area contributed by atoms with E-state index < -0.39 is 0 Å². The zero-order valence-electron chi connectivity index (χ0n) is 12.1. The summed E-state index contributed by atoms with van der Waals surface area (Å²) >= 11 is 1.58. The summed E-state index contributed by atoms with van der Waals surface area (Å²) in [5, 5.41) is 1.99. The number of fused-ring (bicyclic) bond motifs is 1. The third-order valence-corrected chi connectivity index (χ3v) is 4.85. The topological polar surface area (TPSA) is 50.5 Å². The van der Waals surface area contributed by atoms with Gasteiger partial charge in [0.2, 0.25) is 5.91 Å². The molecule has 3 aromatic rings. The van der Waals surface area contributed by atoms with Crippen LogP contribution in [0, 0.1) is 0 Å². The van der Waals surface area contributed by atoms with Crippen molar-refractivity contribution in [3.05, 3.63) is 53.6 Å². The van der Waals surface area contributed by atoms with E-state index >= 15 is 0 Å². The second-order valence-corrected chi connectivity index (χ2v) is 6.37. The molecule has 1 amide bonds. The highest BCUT2D eigenvalue weighted by atomic mass is 32.1. The molecule has 1 aliphatic heterocycles. The number of carbonyl (C=O) groups excluding carboxylic acids is 1. The van der Waals surface area contributed by atoms with Crippen molar-refractivity contribution in [3.8, 4) is 0 Å². The van der Waals surface area contributed by atoms with E-state index in [1.54, 1.807) is 17.5 Å². The van der Waals surface area contributed by atoms with Crippen molar-refractivity contribution in [2.45, 2.75) is 25.3 Å². The Bertz CT molecular complexity index is 766. The Morgan fingerprint density at radius 3 is 3.18 bits per heavy atom. The maximum absolute atomic E-state index is 12.6. The highest BCUT2D eigenvalue weighted by Crippen LogP contribution is 2.31. The third kappa shape index (κ3) is 2.39. The Balaban J connectivity index is 1.52. The Morgan fingerprint density at radius 2 is 2.36 bits per heavy atom. The largest absolute Gasteiger partial charge is 0.334 e. The normalized spacial score (nSPS) is 18.2. The van der Waals surface area contributed by atoms with Gasteiger partial charge in [-0.1, -0.05) is 6.07 Å². The monoisotopic (exact) mass is 312 g/mol. The SMILES string of the molecule is O=C(Cc1cn2ccsc2n1)N1CCC[C@H]1c1ccccn1. The van der Waals surface area contributed by atoms with Crippen LogP contribution in [0.2, 0.25) is 0 Å². The molecule has 4 heterocycles. The quantitative estimate of drug-likeness (QED) is 0.747. The fraction of sp³-hybridized carbons (Fsp3) is 0.312. The number of hydrogen-bond donors (Lipinski definition) is 0. The standard InChI is InChI=1S/C16H16N4OS/c21-15(10-12-11-19-8-9-22-16(19)18-12)20-7-3-5-14(20)13-4-1-2-6-17-13/h1-2,4,6,8-9,11,14H,3,5,7,10H2/t14-/m0/s1. The predicted octanol–water partition coefficient (Wildman–Crippen LogP) is 2.70. The van der Waals surface area contributed by atoms with Gasteiger partial charge in [0.15, 0.2) is 4.96 Å². The molecule has 0 aromatic carbocycles. The van der Waals surface area contributed by atoms with Crippen LogP contribution in [0.1, 0.15) is 30.3 Å². The molecule has 0 aliphatic carbocycles. The maximum Gasteiger partial charge on any atom is 0.229 e. The molecule has 0 N–H and O–H groups in total. The number of nitrogens with zero attached hydrogens (tertiary/aromatic N) is 4. The highest BCUT2D eigenvalue weighted by molar-refractivity contribution is 7.15. The van der Waals surface area contributed by atoms with Gasteiger partial charge in [-0.2, -0.15) is 0 Å². The van der Waals surface area contributed by atoms with Gasteiger partial charge in [-0.05, 0) is 25.0 Å². The lowest BCUT2D eigenvalue weighted by Gasteiger charge is -2.24. The lowest BCUT2D eigenvalue weighted by atomic mass is 10.1. The van der Waals surface area contributed by atoms with E-state index in [1.165, 1.54) is 0 Å². The first kappa shape index (κ1) is 13.5. The van der Waals surface area contributed by atoms with Crippen LogP contribution in [0.25, 0.3) is 4.96 Å². The van der Waals surface area contributed by atoms with E-state index in [2.05, 4.69) is 9.97 Å². The highest BCUT2D eigenvalue weighted by Gasteiger charge is 2.30. The van der Waals surface area contributed by atoms with Gasteiger partial charge in [-0.15, -0.1) is 11.3 Å². The van der Waals surface area contributed by atoms with Crippen LogP contribution in [0.4, 0.5) is 0 Å². The molecule has 4 rings (SSSR count). The Hall–Kier alpha value is -2.21. The minimum absolute atomic E-state index is 0.109. The maximum atomic E-state index is 12.6. The van der Waals surface area contributed by atoms with E-state index in [1.807, 2.05) is 45.3 Å². The minimum atomic E-state index is 0.109. The zero-order valence-corrected chi connectivity index (χ0v) is 12.9. The Labute approximate surface area is 132 Å². The van der Waals surface area contributed by atoms with Gasteiger partial charge in [-0.25, -0.2) is 4.98 Å². The average molecular weight is 312 g/mol. The Morgan fingerprint density at radius 1 is 1.41 bits per heavy atom. The molecule has 6 heteroatoms. The van der Waals surface area contributed by atoms with Crippen molar-refractivity contribution >= 4 is 22.2 Å². The zero-order chi connectivity index (χ0) is 14.9. The van der Waals surface area contributed by atoms with E-state index in [0.29, 0.717) is 6.42 Å². The van der Waals surface area contributed by atoms with Crippen LogP contribution in [-0.2, 0) is 11.2 Å². The molecular weight excluding hydrogens is 296 g/mol. The van der Waals surface area contributed by atoms with Crippen LogP contribution in [0.5, 0.6) is 0 Å². The number of imidazole rings is 1. The number of thiazole rings is 1. The second kappa shape index (κ2) is 5.53. The van der Waals surface area contributed by atoms with Crippen molar-refractivity contribution in [1.29, 1.82) is 0 Å². The first-order chi connectivity index (χ1) is 10.8. The van der Waals surface area contributed by atoms with Crippen molar-refractivity contribution in [2.75, 3.05) is 6.54 Å². The number of hydrogen-bond acceptors (Lipinski definition) is 4. The summed E-state index contributed by atoms with van der Waals surface area (Å²) in [4.78, 5) is 24.5. The van der Waals surface area contributed by atoms with Crippen molar-refractivity contribution in [3.63, 3.8) is 0 Å². The van der Waals surface area contributed by atoms with E-state index in [9.17, 15) is 4.79 Å². The van der Waals surface area contributed by atoms with Crippen molar-refractivity contribution < 1.29 is 4.79 Å². The number of amides is 1. The number of rotatable bonds is 3. The third-order valence-electron chi connectivity index (χ3n) is 4.08. The van der Waals surface area contributed by atoms with Gasteiger partial charge in [0.25, 0.3) is 0 Å². The molecule has 112 valence electrons. The molecule has 1 fully saturated rings. The summed E-state index contributed by atoms with van der Waals surface area (Å²) in [6, 6.07) is 6.00. The Kier molecular flexibility index (Phi) is 3.38. The molecule has 0 spiro atoms. The summed E-state index contributed by atoms with van der Waals surface area (Å²) in [5.41, 5.74) is 1.82. The molecule has 3 aromatic heterocycles. The molecule has 1 saturated heterocycles. The molecule has 1 aliphatic rings. The van der Waals surface area contributed by atoms with Gasteiger partial charge in [0.05, 0.1) is 23.9 Å². The number of likely N-dealkylation sites (tertiary alicyclic amines) is 1. The predicted molar refractivity (Wildman–Crippen MR) is 84.7 cm³/mol. The van der Waals surface area contributed by atoms with Crippen LogP contribution >= 0.6 is 11.3 Å². The van der Waals surface area contributed by atoms with E-state index in [4.69, 9.17) is 0 Å². The summed E-state index contributed by atoms with van der Waals surface area (Å²) in [5.74, 6) is 0.138. The first-order valence-electron chi connectivity index (χ1n) is 7.43. The molecular formula is C16H16N4OS. The fourth-order valence-corrected chi connectivity index (χ4v) is 3.78. The van der Waals surface area contributed by atoms with Gasteiger partial charge in [0.1, 0.15) is 0 Å². The van der Waals surface area contributed by atoms with Gasteiger partial charge >= 0.3 is 0 Å². The molecule has 0 bridgehead atoms. The average Bonchev–Trinajstić information content (AvgIpc) is 3.23. The van der Waals surface area contributed by atoms with Crippen LogP contribution in [0.15, 0.2) is 42.2 Å². The smallest absolute Gasteiger partial charge is 0.229 e. The van der Waals surface area contributed by atoms with Crippen molar-refractivity contribution in [1.82, 2.24) is 19.3 Å². The van der Waals surface area contributed by atoms with Gasteiger partial charge in [0, 0.05) is 30.5 Å². The summed E-state index contributed by atoms with van der Waals surface area (Å²) < 4.78 is 1.97. The van der Waals surface area contributed by atoms with E-state index in [0.717, 1.165) is 35.7 Å². The molecule has 1 atom stereocenters. The van der Waals surface area contributed by atoms with Crippen LogP contribution < -0.4 is 0 Å². The first-order valence-corrected chi connectivity index (χ1v) is 8.31. The number of pyridine rings is 1. The number of aromatic nitrogens is 3. The fourth-order valence-electron chi connectivity index (χ4n) is 3.06. The summed E-state index contributed by atoms with van der Waals surface area (Å²) in [6.07, 6.45) is 8.08. The van der Waals surface area contributed by atoms with Crippen LogP contribution in [-0.4, -0.2) is 31.7 Å². The summed E-state index contributed by atoms with van der Waals surface area (Å²) in [7, 11) is 0. The summed E-state index contributed by atoms with van der Waals surface area (Å²) in [6.45, 7) is 0.808. The second-order valence-electron chi connectivity index (χ2n) is 5.50. The lowest BCUT2D eigenvalue weighted by Crippen LogP contribution is -2.32. The van der Waals surface area contributed by atoms with Crippen molar-refractivity contribution in [2.24, 2.45) is 0 Å². The van der Waals surface area contributed by atoms with Gasteiger partial charge in [-0.3, -0.25) is 14.2 Å². The minimum Gasteiger partial charge on any atom is -0.334 e. The van der Waals surface area contributed by atoms with Gasteiger partial charge < -0.3 is 4.90 Å². The molecule has 0 unspecified atom stereocenters. The molecule has 0 saturated carbocycles. The lowest BCUT2D eigenvalue weighted by molar-refractivity contribution is -0.131. The molecule has 22 heavy (non-hydrogen) atoms. The van der Waals surface area contributed by atoms with Crippen LogP contribution in [0.3, 0.4) is 0 Å².